The Kier molecular flexibility index (Phi) is 6.95. The second-order valence-corrected chi connectivity index (χ2v) is 3.29. The highest BCUT2D eigenvalue weighted by atomic mass is 16.6. The molecule has 0 saturated carbocycles. The van der Waals surface area contributed by atoms with Crippen molar-refractivity contribution in [2.75, 3.05) is 19.8 Å². The third kappa shape index (κ3) is 7.81. The van der Waals surface area contributed by atoms with Crippen LogP contribution in [0.2, 0.25) is 0 Å². The average molecular weight is 231 g/mol. The van der Waals surface area contributed by atoms with E-state index in [1.54, 1.807) is 0 Å². The molecule has 0 aliphatic carbocycles. The van der Waals surface area contributed by atoms with Crippen molar-refractivity contribution in [3.05, 3.63) is 12.2 Å². The molecule has 92 valence electrons. The number of ether oxygens (including phenoxy) is 2. The van der Waals surface area contributed by atoms with Gasteiger partial charge in [-0.1, -0.05) is 6.58 Å². The molecule has 16 heavy (non-hydrogen) atoms. The van der Waals surface area contributed by atoms with Crippen molar-refractivity contribution < 1.29 is 24.2 Å². The molecule has 0 aromatic heterocycles. The molecule has 0 spiro atoms. The van der Waals surface area contributed by atoms with E-state index in [9.17, 15) is 9.59 Å². The minimum absolute atomic E-state index is 0.0511. The number of carbonyl (C=O) groups excluding carboxylic acids is 2. The second-order valence-electron chi connectivity index (χ2n) is 3.29. The van der Waals surface area contributed by atoms with Crippen LogP contribution in [0.15, 0.2) is 12.2 Å². The Morgan fingerprint density at radius 2 is 2.06 bits per heavy atom. The van der Waals surface area contributed by atoms with E-state index in [1.165, 1.54) is 13.8 Å². The smallest absolute Gasteiger partial charge is 0.407 e. The Morgan fingerprint density at radius 1 is 1.44 bits per heavy atom. The molecule has 6 heteroatoms. The van der Waals surface area contributed by atoms with Crippen molar-refractivity contribution in [1.82, 2.24) is 5.32 Å². The van der Waals surface area contributed by atoms with Gasteiger partial charge in [0.25, 0.3) is 0 Å². The van der Waals surface area contributed by atoms with Crippen molar-refractivity contribution in [2.24, 2.45) is 0 Å². The third-order valence-corrected chi connectivity index (χ3v) is 1.41. The monoisotopic (exact) mass is 231 g/mol. The highest BCUT2D eigenvalue weighted by molar-refractivity contribution is 5.86. The largest absolute Gasteiger partial charge is 0.460 e. The molecule has 0 aromatic carbocycles. The number of hydrogen-bond acceptors (Lipinski definition) is 5. The predicted octanol–water partition coefficient (Wildman–Crippen LogP) is 0.213. The van der Waals surface area contributed by atoms with E-state index in [0.717, 1.165) is 0 Å². The van der Waals surface area contributed by atoms with Crippen molar-refractivity contribution in [3.8, 4) is 0 Å². The molecule has 2 N–H and O–H groups in total. The maximum atomic E-state index is 10.9. The first-order valence-electron chi connectivity index (χ1n) is 4.84. The Labute approximate surface area is 94.2 Å². The Bertz CT molecular complexity index is 262. The van der Waals surface area contributed by atoms with Gasteiger partial charge in [0.2, 0.25) is 0 Å². The summed E-state index contributed by atoms with van der Waals surface area (Å²) < 4.78 is 9.32. The summed E-state index contributed by atoms with van der Waals surface area (Å²) in [5, 5.41) is 11.2. The lowest BCUT2D eigenvalue weighted by Crippen LogP contribution is -2.30. The predicted molar refractivity (Wildman–Crippen MR) is 56.8 cm³/mol. The minimum atomic E-state index is -0.702. The summed E-state index contributed by atoms with van der Waals surface area (Å²) in [4.78, 5) is 21.8. The molecular formula is C10H17NO5. The fraction of sp³-hybridized carbons (Fsp3) is 0.600. The van der Waals surface area contributed by atoms with Crippen LogP contribution in [-0.4, -0.2) is 43.0 Å². The summed E-state index contributed by atoms with van der Waals surface area (Å²) in [6, 6.07) is 0. The van der Waals surface area contributed by atoms with Gasteiger partial charge in [0.05, 0.1) is 12.6 Å². The zero-order valence-corrected chi connectivity index (χ0v) is 9.49. The van der Waals surface area contributed by atoms with Crippen LogP contribution in [0, 0.1) is 0 Å². The quantitative estimate of drug-likeness (QED) is 0.388. The molecule has 1 atom stereocenters. The van der Waals surface area contributed by atoms with Crippen molar-refractivity contribution in [1.29, 1.82) is 0 Å². The topological polar surface area (TPSA) is 84.9 Å². The number of carbonyl (C=O) groups is 2. The van der Waals surface area contributed by atoms with Crippen LogP contribution >= 0.6 is 0 Å². The Balaban J connectivity index is 3.48. The summed E-state index contributed by atoms with van der Waals surface area (Å²) in [6.07, 6.45) is -1.36. The maximum absolute atomic E-state index is 10.9. The first kappa shape index (κ1) is 14.4. The van der Waals surface area contributed by atoms with E-state index in [1.807, 2.05) is 0 Å². The number of hydrogen-bond donors (Lipinski definition) is 2. The van der Waals surface area contributed by atoms with Gasteiger partial charge in [0, 0.05) is 5.57 Å². The van der Waals surface area contributed by atoms with Gasteiger partial charge in [-0.25, -0.2) is 9.59 Å². The molecule has 1 unspecified atom stereocenters. The average Bonchev–Trinajstić information content (AvgIpc) is 2.20. The van der Waals surface area contributed by atoms with Crippen LogP contribution in [-0.2, 0) is 14.3 Å². The van der Waals surface area contributed by atoms with E-state index in [0.29, 0.717) is 5.57 Å². The molecule has 0 rings (SSSR count). The van der Waals surface area contributed by atoms with Gasteiger partial charge in [-0.05, 0) is 13.8 Å². The molecule has 0 saturated heterocycles. The number of aliphatic hydroxyl groups is 1. The van der Waals surface area contributed by atoms with Crippen LogP contribution in [0.4, 0.5) is 4.79 Å². The summed E-state index contributed by atoms with van der Waals surface area (Å²) in [6.45, 7) is 6.57. The first-order chi connectivity index (χ1) is 7.43. The maximum Gasteiger partial charge on any atom is 0.407 e. The lowest BCUT2D eigenvalue weighted by atomic mass is 10.4. The Hall–Kier alpha value is -1.56. The van der Waals surface area contributed by atoms with Crippen LogP contribution in [0.3, 0.4) is 0 Å². The molecule has 0 aliphatic rings. The molecule has 6 nitrogen and oxygen atoms in total. The van der Waals surface area contributed by atoms with Crippen LogP contribution < -0.4 is 5.32 Å². The van der Waals surface area contributed by atoms with Crippen molar-refractivity contribution in [2.45, 2.75) is 20.0 Å². The number of esters is 1. The summed E-state index contributed by atoms with van der Waals surface area (Å²) in [5.74, 6) is -0.501. The highest BCUT2D eigenvalue weighted by Crippen LogP contribution is 1.90. The third-order valence-electron chi connectivity index (χ3n) is 1.41. The zero-order valence-electron chi connectivity index (χ0n) is 9.49. The lowest BCUT2D eigenvalue weighted by molar-refractivity contribution is -0.138. The number of nitrogens with one attached hydrogen (secondary N) is 1. The van der Waals surface area contributed by atoms with E-state index in [2.05, 4.69) is 16.6 Å². The fourth-order valence-electron chi connectivity index (χ4n) is 0.667. The molecule has 0 bridgehead atoms. The van der Waals surface area contributed by atoms with Crippen LogP contribution in [0.25, 0.3) is 0 Å². The zero-order chi connectivity index (χ0) is 12.6. The number of aliphatic hydroxyl groups excluding tert-OH is 1. The number of alkyl carbamates (subject to hydrolysis) is 1. The highest BCUT2D eigenvalue weighted by Gasteiger charge is 2.05. The van der Waals surface area contributed by atoms with Gasteiger partial charge in [-0.3, -0.25) is 0 Å². The van der Waals surface area contributed by atoms with E-state index < -0.39 is 18.2 Å². The molecule has 0 aromatic rings. The first-order valence-corrected chi connectivity index (χ1v) is 4.84. The molecule has 0 heterocycles. The van der Waals surface area contributed by atoms with E-state index in [4.69, 9.17) is 9.84 Å². The van der Waals surface area contributed by atoms with Crippen molar-refractivity contribution >= 4 is 12.1 Å². The molecule has 1 amide bonds. The normalized spacial score (nSPS) is 11.4. The summed E-state index contributed by atoms with van der Waals surface area (Å²) in [5.41, 5.74) is 0.302. The molecule has 0 fully saturated rings. The number of rotatable bonds is 6. The van der Waals surface area contributed by atoms with Gasteiger partial charge in [0.15, 0.2) is 0 Å². The van der Waals surface area contributed by atoms with Gasteiger partial charge in [0.1, 0.15) is 13.2 Å². The molecular weight excluding hydrogens is 214 g/mol. The standard InChI is InChI=1S/C10H17NO5/c1-7(2)9(13)15-5-4-11-10(14)16-6-8(3)12/h8,12H,1,4-6H2,2-3H3,(H,11,14). The van der Waals surface area contributed by atoms with Gasteiger partial charge in [-0.15, -0.1) is 0 Å². The molecule has 0 radical (unpaired) electrons. The van der Waals surface area contributed by atoms with Crippen molar-refractivity contribution in [3.63, 3.8) is 0 Å². The lowest BCUT2D eigenvalue weighted by Gasteiger charge is -2.08. The SMILES string of the molecule is C=C(C)C(=O)OCCNC(=O)OCC(C)O. The molecule has 0 aliphatic heterocycles. The summed E-state index contributed by atoms with van der Waals surface area (Å²) >= 11 is 0. The summed E-state index contributed by atoms with van der Waals surface area (Å²) in [7, 11) is 0. The second kappa shape index (κ2) is 7.70. The van der Waals surface area contributed by atoms with Gasteiger partial charge < -0.3 is 19.9 Å². The minimum Gasteiger partial charge on any atom is -0.460 e. The Morgan fingerprint density at radius 3 is 2.56 bits per heavy atom. The number of amides is 1. The van der Waals surface area contributed by atoms with Gasteiger partial charge in [-0.2, -0.15) is 0 Å². The van der Waals surface area contributed by atoms with E-state index >= 15 is 0 Å². The van der Waals surface area contributed by atoms with Crippen LogP contribution in [0.1, 0.15) is 13.8 Å². The van der Waals surface area contributed by atoms with Gasteiger partial charge >= 0.3 is 12.1 Å². The fourth-order valence-corrected chi connectivity index (χ4v) is 0.667. The van der Waals surface area contributed by atoms with Crippen LogP contribution in [0.5, 0.6) is 0 Å². The van der Waals surface area contributed by atoms with E-state index in [-0.39, 0.29) is 19.8 Å².